The molecule has 118 valence electrons. The lowest BCUT2D eigenvalue weighted by Crippen LogP contribution is -2.42. The topological polar surface area (TPSA) is 62.3 Å². The van der Waals surface area contributed by atoms with Gasteiger partial charge in [-0.3, -0.25) is 4.98 Å². The van der Waals surface area contributed by atoms with Crippen LogP contribution in [0.2, 0.25) is 0 Å². The van der Waals surface area contributed by atoms with Crippen LogP contribution in [0, 0.1) is 5.41 Å². The second-order valence-corrected chi connectivity index (χ2v) is 7.64. The number of aromatic nitrogens is 1. The summed E-state index contributed by atoms with van der Waals surface area (Å²) < 4.78 is 27.2. The lowest BCUT2D eigenvalue weighted by molar-refractivity contribution is 0.141. The van der Waals surface area contributed by atoms with Gasteiger partial charge in [0.2, 0.25) is 10.0 Å². The van der Waals surface area contributed by atoms with Gasteiger partial charge in [0.15, 0.2) is 0 Å². The molecule has 1 aliphatic heterocycles. The van der Waals surface area contributed by atoms with E-state index in [2.05, 4.69) is 24.1 Å². The molecule has 0 bridgehead atoms. The van der Waals surface area contributed by atoms with E-state index in [1.54, 1.807) is 23.6 Å². The zero-order valence-electron chi connectivity index (χ0n) is 13.1. The van der Waals surface area contributed by atoms with Gasteiger partial charge >= 0.3 is 0 Å². The molecule has 0 aliphatic carbocycles. The predicted octanol–water partition coefficient (Wildman–Crippen LogP) is 2.71. The van der Waals surface area contributed by atoms with Crippen LogP contribution in [0.3, 0.4) is 0 Å². The van der Waals surface area contributed by atoms with Crippen molar-refractivity contribution in [1.29, 1.82) is 0 Å². The van der Waals surface area contributed by atoms with Crippen LogP contribution in [0.1, 0.15) is 39.5 Å². The maximum atomic E-state index is 12.8. The van der Waals surface area contributed by atoms with Crippen molar-refractivity contribution >= 4 is 15.7 Å². The van der Waals surface area contributed by atoms with E-state index in [0.717, 1.165) is 25.7 Å². The van der Waals surface area contributed by atoms with Crippen molar-refractivity contribution in [2.24, 2.45) is 5.41 Å². The molecule has 1 fully saturated rings. The Morgan fingerprint density at radius 1 is 1.29 bits per heavy atom. The highest BCUT2D eigenvalue weighted by molar-refractivity contribution is 7.89. The quantitative estimate of drug-likeness (QED) is 0.908. The molecule has 0 radical (unpaired) electrons. The van der Waals surface area contributed by atoms with Crippen molar-refractivity contribution in [2.45, 2.75) is 44.4 Å². The van der Waals surface area contributed by atoms with Crippen LogP contribution in [-0.2, 0) is 10.0 Å². The molecule has 5 nitrogen and oxygen atoms in total. The summed E-state index contributed by atoms with van der Waals surface area (Å²) in [6.07, 6.45) is 7.14. The molecular weight excluding hydrogens is 286 g/mol. The zero-order valence-corrected chi connectivity index (χ0v) is 13.9. The summed E-state index contributed by atoms with van der Waals surface area (Å²) >= 11 is 0. The molecule has 0 amide bonds. The lowest BCUT2D eigenvalue weighted by atomic mass is 9.75. The van der Waals surface area contributed by atoms with Crippen LogP contribution in [-0.4, -0.2) is 37.8 Å². The molecule has 2 rings (SSSR count). The summed E-state index contributed by atoms with van der Waals surface area (Å²) in [7, 11) is -1.74. The van der Waals surface area contributed by atoms with Gasteiger partial charge in [-0.2, -0.15) is 4.31 Å². The Labute approximate surface area is 127 Å². The van der Waals surface area contributed by atoms with E-state index in [1.807, 2.05) is 0 Å². The van der Waals surface area contributed by atoms with Crippen LogP contribution in [0.5, 0.6) is 0 Å². The molecule has 1 N–H and O–H groups in total. The Kier molecular flexibility index (Phi) is 4.88. The molecule has 1 aromatic rings. The number of nitrogens with one attached hydrogen (secondary N) is 1. The maximum absolute atomic E-state index is 12.8. The third-order valence-corrected chi connectivity index (χ3v) is 6.88. The number of rotatable bonds is 5. The minimum Gasteiger partial charge on any atom is -0.387 e. The molecule has 6 heteroatoms. The number of anilines is 1. The first-order valence-corrected chi connectivity index (χ1v) is 9.05. The normalized spacial score (nSPS) is 19.4. The fourth-order valence-electron chi connectivity index (χ4n) is 3.09. The highest BCUT2D eigenvalue weighted by Crippen LogP contribution is 2.39. The molecule has 0 saturated carbocycles. The number of hydrogen-bond donors (Lipinski definition) is 1. The maximum Gasteiger partial charge on any atom is 0.246 e. The van der Waals surface area contributed by atoms with Gasteiger partial charge in [0.05, 0.1) is 5.69 Å². The smallest absolute Gasteiger partial charge is 0.246 e. The first-order valence-electron chi connectivity index (χ1n) is 7.61. The molecule has 1 saturated heterocycles. The molecular formula is C15H25N3O2S. The summed E-state index contributed by atoms with van der Waals surface area (Å²) in [5.74, 6) is 0. The minimum atomic E-state index is -3.46. The van der Waals surface area contributed by atoms with Crippen molar-refractivity contribution in [3.05, 3.63) is 18.5 Å². The Balaban J connectivity index is 2.23. The molecule has 0 atom stereocenters. The van der Waals surface area contributed by atoms with E-state index in [4.69, 9.17) is 0 Å². The average Bonchev–Trinajstić information content (AvgIpc) is 2.54. The van der Waals surface area contributed by atoms with Crippen molar-refractivity contribution in [1.82, 2.24) is 9.29 Å². The van der Waals surface area contributed by atoms with Crippen molar-refractivity contribution < 1.29 is 8.42 Å². The Morgan fingerprint density at radius 3 is 2.43 bits per heavy atom. The summed E-state index contributed by atoms with van der Waals surface area (Å²) in [6, 6.07) is 1.69. The number of hydrogen-bond acceptors (Lipinski definition) is 4. The van der Waals surface area contributed by atoms with Crippen LogP contribution < -0.4 is 5.32 Å². The second kappa shape index (κ2) is 6.32. The van der Waals surface area contributed by atoms with Crippen LogP contribution in [0.4, 0.5) is 5.69 Å². The Morgan fingerprint density at radius 2 is 1.90 bits per heavy atom. The van der Waals surface area contributed by atoms with Gasteiger partial charge in [0, 0.05) is 32.5 Å². The third-order valence-electron chi connectivity index (χ3n) is 4.95. The van der Waals surface area contributed by atoms with Gasteiger partial charge in [-0.25, -0.2) is 8.42 Å². The van der Waals surface area contributed by atoms with Crippen molar-refractivity contribution in [2.75, 3.05) is 25.5 Å². The van der Waals surface area contributed by atoms with E-state index in [1.165, 1.54) is 6.20 Å². The lowest BCUT2D eigenvalue weighted by Gasteiger charge is -2.40. The van der Waals surface area contributed by atoms with E-state index >= 15 is 0 Å². The molecule has 2 heterocycles. The number of piperidine rings is 1. The fraction of sp³-hybridized carbons (Fsp3) is 0.667. The molecule has 1 aliphatic rings. The number of sulfonamides is 1. The molecule has 0 spiro atoms. The molecule has 1 aromatic heterocycles. The summed E-state index contributed by atoms with van der Waals surface area (Å²) in [4.78, 5) is 4.24. The third kappa shape index (κ3) is 3.06. The van der Waals surface area contributed by atoms with Gasteiger partial charge in [-0.05, 0) is 24.3 Å². The SMILES string of the molecule is CCC1(CC)CCN(S(=O)(=O)c2cnccc2NC)CC1. The monoisotopic (exact) mass is 311 g/mol. The van der Waals surface area contributed by atoms with E-state index in [-0.39, 0.29) is 4.90 Å². The van der Waals surface area contributed by atoms with E-state index in [9.17, 15) is 8.42 Å². The summed E-state index contributed by atoms with van der Waals surface area (Å²) in [5, 5.41) is 2.93. The fourth-order valence-corrected chi connectivity index (χ4v) is 4.67. The standard InChI is InChI=1S/C15H25N3O2S/c1-4-15(5-2)7-10-18(11-8-15)21(19,20)14-12-17-9-6-13(14)16-3/h6,9,12H,4-5,7-8,10-11H2,1-3H3,(H,16,17). The zero-order chi connectivity index (χ0) is 15.5. The highest BCUT2D eigenvalue weighted by atomic mass is 32.2. The first kappa shape index (κ1) is 16.2. The molecule has 0 unspecified atom stereocenters. The van der Waals surface area contributed by atoms with E-state index in [0.29, 0.717) is 24.2 Å². The second-order valence-electron chi connectivity index (χ2n) is 5.73. The van der Waals surface area contributed by atoms with Gasteiger partial charge in [0.25, 0.3) is 0 Å². The predicted molar refractivity (Wildman–Crippen MR) is 84.8 cm³/mol. The van der Waals surface area contributed by atoms with Crippen molar-refractivity contribution in [3.8, 4) is 0 Å². The highest BCUT2D eigenvalue weighted by Gasteiger charge is 2.36. The first-order chi connectivity index (χ1) is 9.99. The van der Waals surface area contributed by atoms with E-state index < -0.39 is 10.0 Å². The summed E-state index contributed by atoms with van der Waals surface area (Å²) in [5.41, 5.74) is 0.917. The Hall–Kier alpha value is -1.14. The van der Waals surface area contributed by atoms with Gasteiger partial charge in [0.1, 0.15) is 4.90 Å². The minimum absolute atomic E-state index is 0.271. The van der Waals surface area contributed by atoms with Gasteiger partial charge in [-0.1, -0.05) is 26.7 Å². The van der Waals surface area contributed by atoms with Crippen LogP contribution in [0.25, 0.3) is 0 Å². The average molecular weight is 311 g/mol. The Bertz CT molecular complexity index is 572. The van der Waals surface area contributed by atoms with Crippen molar-refractivity contribution in [3.63, 3.8) is 0 Å². The molecule has 21 heavy (non-hydrogen) atoms. The van der Waals surface area contributed by atoms with Gasteiger partial charge < -0.3 is 5.32 Å². The van der Waals surface area contributed by atoms with Crippen LogP contribution >= 0.6 is 0 Å². The molecule has 0 aromatic carbocycles. The van der Waals surface area contributed by atoms with Gasteiger partial charge in [-0.15, -0.1) is 0 Å². The van der Waals surface area contributed by atoms with Crippen LogP contribution in [0.15, 0.2) is 23.4 Å². The largest absolute Gasteiger partial charge is 0.387 e. The number of nitrogens with zero attached hydrogens (tertiary/aromatic N) is 2. The number of pyridine rings is 1. The summed E-state index contributed by atoms with van der Waals surface area (Å²) in [6.45, 7) is 5.60.